The number of anilines is 1. The molecule has 1 unspecified atom stereocenters. The Hall–Kier alpha value is -2.20. The highest BCUT2D eigenvalue weighted by molar-refractivity contribution is 5.78. The summed E-state index contributed by atoms with van der Waals surface area (Å²) in [7, 11) is 2.10. The molecule has 1 fully saturated rings. The Balaban J connectivity index is 1.43. The maximum atomic E-state index is 13.9. The molecule has 2 heterocycles. The first-order valence-corrected chi connectivity index (χ1v) is 10.2. The van der Waals surface area contributed by atoms with Gasteiger partial charge in [-0.25, -0.2) is 4.39 Å². The molecule has 0 bridgehead atoms. The van der Waals surface area contributed by atoms with E-state index in [0.29, 0.717) is 0 Å². The molecule has 0 aliphatic carbocycles. The summed E-state index contributed by atoms with van der Waals surface area (Å²) in [5, 5.41) is 0. The highest BCUT2D eigenvalue weighted by Gasteiger charge is 2.44. The van der Waals surface area contributed by atoms with Gasteiger partial charge in [0.15, 0.2) is 0 Å². The van der Waals surface area contributed by atoms with Crippen molar-refractivity contribution >= 4 is 11.5 Å². The van der Waals surface area contributed by atoms with Crippen LogP contribution in [0, 0.1) is 11.7 Å². The molecule has 28 heavy (non-hydrogen) atoms. The lowest BCUT2D eigenvalue weighted by Crippen LogP contribution is -2.46. The van der Waals surface area contributed by atoms with Gasteiger partial charge in [0.05, 0.1) is 0 Å². The number of hydrogen-bond donors (Lipinski definition) is 0. The van der Waals surface area contributed by atoms with Crippen LogP contribution in [0.15, 0.2) is 48.5 Å². The SMILES string of the molecule is CC(=O)C(Cc1ccccc1)CN1CCC2(CC1)CN(C)c1ccc(F)cc12. The average molecular weight is 381 g/mol. The molecule has 148 valence electrons. The van der Waals surface area contributed by atoms with Gasteiger partial charge in [-0.1, -0.05) is 30.3 Å². The fourth-order valence-electron chi connectivity index (χ4n) is 5.03. The number of rotatable bonds is 5. The first kappa shape index (κ1) is 19.1. The van der Waals surface area contributed by atoms with E-state index in [1.165, 1.54) is 16.8 Å². The molecule has 2 aliphatic rings. The van der Waals surface area contributed by atoms with Crippen molar-refractivity contribution in [3.8, 4) is 0 Å². The largest absolute Gasteiger partial charge is 0.373 e. The van der Waals surface area contributed by atoms with Crippen LogP contribution in [-0.2, 0) is 16.6 Å². The van der Waals surface area contributed by atoms with Crippen molar-refractivity contribution in [3.63, 3.8) is 0 Å². The number of hydrogen-bond acceptors (Lipinski definition) is 3. The van der Waals surface area contributed by atoms with Crippen molar-refractivity contribution in [2.24, 2.45) is 5.92 Å². The minimum Gasteiger partial charge on any atom is -0.373 e. The summed E-state index contributed by atoms with van der Waals surface area (Å²) in [5.41, 5.74) is 3.61. The third kappa shape index (κ3) is 3.70. The fourth-order valence-corrected chi connectivity index (χ4v) is 5.03. The number of carbonyl (C=O) groups excluding carboxylic acids is 1. The monoisotopic (exact) mass is 380 g/mol. The Morgan fingerprint density at radius 2 is 1.86 bits per heavy atom. The van der Waals surface area contributed by atoms with Crippen LogP contribution < -0.4 is 4.90 Å². The van der Waals surface area contributed by atoms with Crippen molar-refractivity contribution in [2.45, 2.75) is 31.6 Å². The maximum absolute atomic E-state index is 13.9. The zero-order valence-electron chi connectivity index (χ0n) is 16.8. The van der Waals surface area contributed by atoms with Gasteiger partial charge >= 0.3 is 0 Å². The third-order valence-corrected chi connectivity index (χ3v) is 6.67. The number of benzene rings is 2. The topological polar surface area (TPSA) is 23.6 Å². The van der Waals surface area contributed by atoms with Crippen LogP contribution in [0.3, 0.4) is 0 Å². The quantitative estimate of drug-likeness (QED) is 0.782. The van der Waals surface area contributed by atoms with Crippen LogP contribution in [0.25, 0.3) is 0 Å². The number of likely N-dealkylation sites (N-methyl/N-ethyl adjacent to an activating group) is 1. The summed E-state index contributed by atoms with van der Waals surface area (Å²) >= 11 is 0. The number of likely N-dealkylation sites (tertiary alicyclic amines) is 1. The summed E-state index contributed by atoms with van der Waals surface area (Å²) in [4.78, 5) is 16.9. The van der Waals surface area contributed by atoms with Crippen molar-refractivity contribution in [1.29, 1.82) is 0 Å². The molecule has 0 saturated carbocycles. The summed E-state index contributed by atoms with van der Waals surface area (Å²) in [6.45, 7) is 5.40. The lowest BCUT2D eigenvalue weighted by molar-refractivity contribution is -0.121. The molecule has 1 atom stereocenters. The molecule has 2 aromatic carbocycles. The van der Waals surface area contributed by atoms with E-state index >= 15 is 0 Å². The summed E-state index contributed by atoms with van der Waals surface area (Å²) in [6, 6.07) is 15.5. The number of ketones is 1. The summed E-state index contributed by atoms with van der Waals surface area (Å²) in [5.74, 6) is 0.153. The number of carbonyl (C=O) groups is 1. The minimum absolute atomic E-state index is 0.0347. The number of Topliss-reactive ketones (excluding diaryl/α,β-unsaturated/α-hetero) is 1. The van der Waals surface area contributed by atoms with Gasteiger partial charge in [-0.2, -0.15) is 0 Å². The van der Waals surface area contributed by atoms with Gasteiger partial charge in [-0.3, -0.25) is 4.79 Å². The van der Waals surface area contributed by atoms with Crippen LogP contribution in [0.4, 0.5) is 10.1 Å². The zero-order valence-corrected chi connectivity index (χ0v) is 16.8. The predicted molar refractivity (Wildman–Crippen MR) is 111 cm³/mol. The Morgan fingerprint density at radius 3 is 2.54 bits per heavy atom. The van der Waals surface area contributed by atoms with Crippen molar-refractivity contribution in [1.82, 2.24) is 4.90 Å². The molecule has 2 aromatic rings. The van der Waals surface area contributed by atoms with Crippen LogP contribution in [-0.4, -0.2) is 43.9 Å². The molecular weight excluding hydrogens is 351 g/mol. The molecule has 2 aliphatic heterocycles. The molecule has 4 rings (SSSR count). The highest BCUT2D eigenvalue weighted by Crippen LogP contribution is 2.46. The Labute approximate surface area is 167 Å². The van der Waals surface area contributed by atoms with E-state index in [4.69, 9.17) is 0 Å². The van der Waals surface area contributed by atoms with Crippen LogP contribution >= 0.6 is 0 Å². The second-order valence-corrected chi connectivity index (χ2v) is 8.60. The number of fused-ring (bicyclic) bond motifs is 2. The number of piperidine rings is 1. The Kier molecular flexibility index (Phi) is 5.24. The van der Waals surface area contributed by atoms with Gasteiger partial charge in [0.2, 0.25) is 0 Å². The van der Waals surface area contributed by atoms with Crippen molar-refractivity contribution < 1.29 is 9.18 Å². The van der Waals surface area contributed by atoms with E-state index in [0.717, 1.165) is 45.4 Å². The van der Waals surface area contributed by atoms with Crippen molar-refractivity contribution in [3.05, 3.63) is 65.5 Å². The van der Waals surface area contributed by atoms with Crippen LogP contribution in [0.2, 0.25) is 0 Å². The highest BCUT2D eigenvalue weighted by atomic mass is 19.1. The van der Waals surface area contributed by atoms with Gasteiger partial charge in [0.1, 0.15) is 11.6 Å². The lowest BCUT2D eigenvalue weighted by Gasteiger charge is -2.40. The van der Waals surface area contributed by atoms with E-state index in [-0.39, 0.29) is 22.9 Å². The van der Waals surface area contributed by atoms with Gasteiger partial charge in [-0.15, -0.1) is 0 Å². The molecule has 1 saturated heterocycles. The van der Waals surface area contributed by atoms with Gasteiger partial charge in [0.25, 0.3) is 0 Å². The van der Waals surface area contributed by atoms with E-state index in [1.807, 2.05) is 24.3 Å². The molecule has 4 heteroatoms. The molecule has 1 spiro atoms. The lowest BCUT2D eigenvalue weighted by atomic mass is 9.74. The van der Waals surface area contributed by atoms with Gasteiger partial charge in [0, 0.05) is 37.2 Å². The number of nitrogens with zero attached hydrogens (tertiary/aromatic N) is 2. The Bertz CT molecular complexity index is 843. The minimum atomic E-state index is -0.143. The first-order valence-electron chi connectivity index (χ1n) is 10.2. The first-order chi connectivity index (χ1) is 13.5. The molecule has 0 amide bonds. The molecule has 0 aromatic heterocycles. The number of halogens is 1. The fraction of sp³-hybridized carbons (Fsp3) is 0.458. The molecular formula is C24H29FN2O. The smallest absolute Gasteiger partial charge is 0.134 e. The van der Waals surface area contributed by atoms with Gasteiger partial charge < -0.3 is 9.80 Å². The predicted octanol–water partition coefficient (Wildman–Crippen LogP) is 4.06. The average Bonchev–Trinajstić information content (AvgIpc) is 2.95. The van der Waals surface area contributed by atoms with Crippen molar-refractivity contribution in [2.75, 3.05) is 38.1 Å². The van der Waals surface area contributed by atoms with Gasteiger partial charge in [-0.05, 0) is 68.6 Å². The molecule has 0 radical (unpaired) electrons. The second-order valence-electron chi connectivity index (χ2n) is 8.60. The van der Waals surface area contributed by atoms with E-state index in [9.17, 15) is 9.18 Å². The van der Waals surface area contributed by atoms with Crippen LogP contribution in [0.5, 0.6) is 0 Å². The second kappa shape index (κ2) is 7.67. The third-order valence-electron chi connectivity index (χ3n) is 6.67. The molecule has 0 N–H and O–H groups in total. The maximum Gasteiger partial charge on any atom is 0.134 e. The Morgan fingerprint density at radius 1 is 1.14 bits per heavy atom. The molecule has 3 nitrogen and oxygen atoms in total. The van der Waals surface area contributed by atoms with E-state index < -0.39 is 0 Å². The van der Waals surface area contributed by atoms with E-state index in [2.05, 4.69) is 29.0 Å². The summed E-state index contributed by atoms with van der Waals surface area (Å²) in [6.07, 6.45) is 2.84. The standard InChI is InChI=1S/C24H29FN2O/c1-18(28)20(14-19-6-4-3-5-7-19)16-27-12-10-24(11-13-27)17-26(2)23-9-8-21(25)15-22(23)24/h3-9,15,20H,10-14,16-17H2,1-2H3. The summed E-state index contributed by atoms with van der Waals surface area (Å²) < 4.78 is 13.9. The zero-order chi connectivity index (χ0) is 19.7. The normalized spacial score (nSPS) is 19.6. The van der Waals surface area contributed by atoms with Crippen LogP contribution in [0.1, 0.15) is 30.9 Å². The van der Waals surface area contributed by atoms with E-state index in [1.54, 1.807) is 19.1 Å².